The number of benzene rings is 9. The molecule has 5 N–H and O–H groups in total. The summed E-state index contributed by atoms with van der Waals surface area (Å²) in [6, 6.07) is 71.5. The predicted octanol–water partition coefficient (Wildman–Crippen LogP) is 21.4. The number of carboxylic acids is 2. The Kier molecular flexibility index (Phi) is 36.5. The Hall–Kier alpha value is -12.6. The van der Waals surface area contributed by atoms with Gasteiger partial charge >= 0.3 is 48.0 Å². The van der Waals surface area contributed by atoms with Crippen molar-refractivity contribution in [2.45, 2.75) is 202 Å². The molecule has 0 radical (unpaired) electrons. The molecular formula is C109H134N6O18. The molecule has 0 aromatic heterocycles. The van der Waals surface area contributed by atoms with Crippen LogP contribution in [0.3, 0.4) is 0 Å². The highest BCUT2D eigenvalue weighted by Gasteiger charge is 2.43. The maximum Gasteiger partial charge on any atom is 0.417 e. The van der Waals surface area contributed by atoms with Gasteiger partial charge in [-0.1, -0.05) is 169 Å². The Morgan fingerprint density at radius 1 is 0.406 bits per heavy atom. The Labute approximate surface area is 784 Å². The number of aromatic carboxylic acids is 1. The van der Waals surface area contributed by atoms with Gasteiger partial charge in [-0.2, -0.15) is 4.99 Å². The zero-order valence-electron chi connectivity index (χ0n) is 80.3. The summed E-state index contributed by atoms with van der Waals surface area (Å²) in [5.41, 5.74) is 6.56. The molecule has 133 heavy (non-hydrogen) atoms. The van der Waals surface area contributed by atoms with Crippen molar-refractivity contribution in [2.24, 2.45) is 40.5 Å². The number of esters is 4. The third kappa shape index (κ3) is 32.7. The largest absolute Gasteiger partial charge is 0.508 e. The number of piperidine rings is 3. The van der Waals surface area contributed by atoms with Crippen LogP contribution in [0.15, 0.2) is 242 Å². The number of rotatable bonds is 26. The lowest BCUT2D eigenvalue weighted by Crippen LogP contribution is -2.49. The SMILES string of the molecule is CC(C)(C)OC(=O)c1ccc(N=C=O)cc1.C[C@H]1CN(C[C@H](Cc2ccccc2)C(=O)O)CC[C@@]1(C)c1cccc(OC(=O)Nc2ccc(C(=O)O)cc2)c1.C[C@H]1CN(C[C@H](Cc2ccccc2)C(=O)OC(C)(C)C)CC[C@@]1(C)c1cccc(O)c1.C[C@H]1CN(C[C@H](Cc2ccccc2)C(=O)OC(C)(C)C)CC[C@@]1(C)c1cccc(OC(=O)Nc2ccc(C(=O)OC(C)(C)C)cc2)c1. The number of nitrogens with zero attached hydrogens (tertiary/aromatic N) is 4. The number of anilines is 2. The molecule has 24 heteroatoms. The Balaban J connectivity index is 0.000000210. The van der Waals surface area contributed by atoms with Crippen LogP contribution >= 0.6 is 0 Å². The van der Waals surface area contributed by atoms with E-state index in [-0.39, 0.29) is 57.4 Å². The first kappa shape index (κ1) is 104. The van der Waals surface area contributed by atoms with Gasteiger partial charge in [0.05, 0.1) is 40.1 Å². The number of carboxylic acid groups (broad SMARTS) is 2. The molecule has 24 nitrogen and oxygen atoms in total. The molecular weight excluding hydrogens is 1680 g/mol. The van der Waals surface area contributed by atoms with Gasteiger partial charge in [-0.25, -0.2) is 28.8 Å². The first-order valence-corrected chi connectivity index (χ1v) is 45.7. The maximum absolute atomic E-state index is 13.3. The van der Waals surface area contributed by atoms with Crippen LogP contribution in [0.25, 0.3) is 0 Å². The van der Waals surface area contributed by atoms with Crippen LogP contribution in [0.2, 0.25) is 0 Å². The zero-order chi connectivity index (χ0) is 97.2. The Bertz CT molecular complexity index is 5410. The Morgan fingerprint density at radius 3 is 1.04 bits per heavy atom. The first-order chi connectivity index (χ1) is 62.6. The summed E-state index contributed by atoms with van der Waals surface area (Å²) in [7, 11) is 0. The second-order valence-corrected chi connectivity index (χ2v) is 39.9. The van der Waals surface area contributed by atoms with Crippen molar-refractivity contribution in [3.8, 4) is 17.2 Å². The van der Waals surface area contributed by atoms with Gasteiger partial charge in [0.1, 0.15) is 39.7 Å². The van der Waals surface area contributed by atoms with Crippen LogP contribution in [-0.4, -0.2) is 165 Å². The molecule has 3 heterocycles. The maximum atomic E-state index is 13.3. The number of aliphatic carboxylic acids is 1. The van der Waals surface area contributed by atoms with Gasteiger partial charge < -0.3 is 58.4 Å². The predicted molar refractivity (Wildman–Crippen MR) is 518 cm³/mol. The molecule has 0 aliphatic carbocycles. The van der Waals surface area contributed by atoms with E-state index in [4.69, 9.17) is 33.5 Å². The van der Waals surface area contributed by atoms with Crippen LogP contribution in [0.4, 0.5) is 26.7 Å². The lowest BCUT2D eigenvalue weighted by molar-refractivity contribution is -0.162. The quantitative estimate of drug-likeness (QED) is 0.0146. The van der Waals surface area contributed by atoms with E-state index in [0.29, 0.717) is 90.3 Å². The molecule has 9 aromatic carbocycles. The molecule has 3 aliphatic heterocycles. The van der Waals surface area contributed by atoms with Crippen LogP contribution in [0, 0.1) is 35.5 Å². The van der Waals surface area contributed by atoms with Crippen LogP contribution in [0.5, 0.6) is 17.2 Å². The van der Waals surface area contributed by atoms with Gasteiger partial charge in [-0.15, -0.1) is 0 Å². The molecule has 0 unspecified atom stereocenters. The lowest BCUT2D eigenvalue weighted by atomic mass is 9.68. The molecule has 3 aliphatic rings. The molecule has 2 amide bonds. The summed E-state index contributed by atoms with van der Waals surface area (Å²) < 4.78 is 33.4. The van der Waals surface area contributed by atoms with Crippen molar-refractivity contribution in [1.29, 1.82) is 0 Å². The number of aliphatic imine (C=N–C) groups is 1. The van der Waals surface area contributed by atoms with Gasteiger partial charge in [0.25, 0.3) is 0 Å². The number of phenols is 1. The minimum absolute atomic E-state index is 0.0100. The summed E-state index contributed by atoms with van der Waals surface area (Å²) >= 11 is 0. The number of ether oxygens (including phenoxy) is 6. The number of carbonyl (C=O) groups is 8. The van der Waals surface area contributed by atoms with E-state index in [1.165, 1.54) is 35.9 Å². The molecule has 9 atom stereocenters. The normalized spacial score (nSPS) is 19.4. The molecule has 3 fully saturated rings. The zero-order valence-corrected chi connectivity index (χ0v) is 80.3. The van der Waals surface area contributed by atoms with Crippen LogP contribution < -0.4 is 20.1 Å². The molecule has 0 bridgehead atoms. The van der Waals surface area contributed by atoms with Crippen molar-refractivity contribution in [2.75, 3.05) is 69.5 Å². The highest BCUT2D eigenvalue weighted by Crippen LogP contribution is 2.44. The average Bonchev–Trinajstić information content (AvgIpc) is 0.786. The number of aromatic hydroxyl groups is 1. The third-order valence-corrected chi connectivity index (χ3v) is 24.7. The highest BCUT2D eigenvalue weighted by molar-refractivity contribution is 5.93. The van der Waals surface area contributed by atoms with E-state index in [2.05, 4.69) is 108 Å². The highest BCUT2D eigenvalue weighted by atomic mass is 16.6. The van der Waals surface area contributed by atoms with E-state index in [1.807, 2.05) is 172 Å². The second kappa shape index (κ2) is 46.7. The van der Waals surface area contributed by atoms with Crippen molar-refractivity contribution in [1.82, 2.24) is 14.7 Å². The number of phenolic OH excluding ortho intramolecular Hbond substituents is 1. The number of amides is 2. The van der Waals surface area contributed by atoms with Crippen molar-refractivity contribution < 1.29 is 86.9 Å². The van der Waals surface area contributed by atoms with Crippen LogP contribution in [-0.2, 0) is 73.6 Å². The summed E-state index contributed by atoms with van der Waals surface area (Å²) in [5.74, 6) is -1.74. The fraction of sp³-hybridized carbons (Fsp3) is 0.422. The smallest absolute Gasteiger partial charge is 0.417 e. The van der Waals surface area contributed by atoms with Gasteiger partial charge in [0.15, 0.2) is 0 Å². The first-order valence-electron chi connectivity index (χ1n) is 45.7. The number of nitrogens with one attached hydrogen (secondary N) is 2. The van der Waals surface area contributed by atoms with Gasteiger partial charge in [0.2, 0.25) is 6.08 Å². The number of isocyanates is 1. The third-order valence-electron chi connectivity index (χ3n) is 24.7. The summed E-state index contributed by atoms with van der Waals surface area (Å²) in [4.78, 5) is 119. The summed E-state index contributed by atoms with van der Waals surface area (Å²) in [6.07, 6.45) is 4.69. The van der Waals surface area contributed by atoms with Gasteiger partial charge in [0, 0.05) is 50.6 Å². The van der Waals surface area contributed by atoms with E-state index >= 15 is 0 Å². The minimum atomic E-state index is -1.04. The fourth-order valence-corrected chi connectivity index (χ4v) is 16.8. The number of carbonyl (C=O) groups excluding carboxylic acids is 7. The Morgan fingerprint density at radius 2 is 0.722 bits per heavy atom. The number of likely N-dealkylation sites (tertiary alicyclic amines) is 3. The van der Waals surface area contributed by atoms with E-state index in [9.17, 15) is 53.4 Å². The minimum Gasteiger partial charge on any atom is -0.508 e. The summed E-state index contributed by atoms with van der Waals surface area (Å²) in [6.45, 7) is 42.7. The number of hydrogen-bond acceptors (Lipinski definition) is 20. The standard InChI is InChI=1S/C39H50N2O6.C31H34N2O6.C27H37NO3.C12H13NO3/c1-27-25-41(26-30(35(43)47-38(5,6)7)23-28-13-10-9-11-14-28)22-21-39(27,8)31-15-12-16-33(24-31)45-36(44)40-32-19-17-29(18-20-32)34(42)46-37(2,3)4;1-21-19-33(20-24(29(36)37)17-22-7-4-3-5-8-22)16-15-31(21,2)25-9-6-10-27(18-25)39-30(38)32-26-13-11-23(12-14-26)28(34)35;1-20-18-28(15-14-27(20,5)23-12-9-13-24(29)17-23)19-22(25(30)31-26(2,3)4)16-21-10-7-6-8-11-21;1-12(2,3)16-11(15)9-4-6-10(7-5-9)13-8-14/h9-20,24,27,30H,21-23,25-26H2,1-8H3,(H,40,44);3-14,18,21,24H,15-17,19-20H2,1-2H3,(H,32,38)(H,34,35)(H,36,37);6-13,17,20,22,29H,14-16,18-19H2,1-5H3;4-7H,1-3H3/t27-,30-,39+;21-,24-,31+;20-,22-,27+;/m000./s1. The van der Waals surface area contributed by atoms with E-state index in [1.54, 1.807) is 87.5 Å². The van der Waals surface area contributed by atoms with Crippen molar-refractivity contribution >= 4 is 71.1 Å². The van der Waals surface area contributed by atoms with Crippen molar-refractivity contribution in [3.63, 3.8) is 0 Å². The monoisotopic (exact) mass is 1810 g/mol. The average molecular weight is 1820 g/mol. The summed E-state index contributed by atoms with van der Waals surface area (Å²) in [5, 5.41) is 34.2. The van der Waals surface area contributed by atoms with Crippen molar-refractivity contribution in [3.05, 3.63) is 287 Å². The topological polar surface area (TPSA) is 316 Å². The van der Waals surface area contributed by atoms with Gasteiger partial charge in [-0.05, 0) is 318 Å². The molecule has 3 saturated heterocycles. The molecule has 12 rings (SSSR count). The molecule has 708 valence electrons. The molecule has 9 aromatic rings. The van der Waals surface area contributed by atoms with E-state index in [0.717, 1.165) is 86.3 Å². The van der Waals surface area contributed by atoms with Gasteiger partial charge in [-0.3, -0.25) is 25.0 Å². The second-order valence-electron chi connectivity index (χ2n) is 39.9. The lowest BCUT2D eigenvalue weighted by Gasteiger charge is -2.46. The fourth-order valence-electron chi connectivity index (χ4n) is 16.8. The van der Waals surface area contributed by atoms with E-state index < -0.39 is 64.4 Å². The molecule has 0 saturated carbocycles. The van der Waals surface area contributed by atoms with Crippen LogP contribution in [0.1, 0.15) is 208 Å². The number of hydrogen-bond donors (Lipinski definition) is 5. The molecule has 0 spiro atoms.